The molecule has 5 nitrogen and oxygen atoms in total. The van der Waals surface area contributed by atoms with Crippen molar-refractivity contribution in [2.75, 3.05) is 18.2 Å². The fourth-order valence-corrected chi connectivity index (χ4v) is 1.86. The zero-order chi connectivity index (χ0) is 15.9. The van der Waals surface area contributed by atoms with Gasteiger partial charge in [-0.05, 0) is 42.0 Å². The van der Waals surface area contributed by atoms with Crippen molar-refractivity contribution < 1.29 is 14.3 Å². The van der Waals surface area contributed by atoms with Gasteiger partial charge >= 0.3 is 5.97 Å². The predicted octanol–water partition coefficient (Wildman–Crippen LogP) is 2.71. The van der Waals surface area contributed by atoms with E-state index in [1.165, 1.54) is 13.2 Å². The third-order valence-electron chi connectivity index (χ3n) is 2.89. The SMILES string of the molecule is COC(=O)c1cccc(NC(=O)/C=C/c2cccc(N)c2)c1. The molecule has 0 spiro atoms. The van der Waals surface area contributed by atoms with Gasteiger partial charge in [-0.15, -0.1) is 0 Å². The third kappa shape index (κ3) is 4.21. The molecular weight excluding hydrogens is 280 g/mol. The Morgan fingerprint density at radius 1 is 1.14 bits per heavy atom. The Balaban J connectivity index is 2.04. The summed E-state index contributed by atoms with van der Waals surface area (Å²) in [4.78, 5) is 23.3. The van der Waals surface area contributed by atoms with E-state index in [4.69, 9.17) is 5.73 Å². The van der Waals surface area contributed by atoms with Crippen LogP contribution in [0, 0.1) is 0 Å². The van der Waals surface area contributed by atoms with Crippen molar-refractivity contribution in [1.29, 1.82) is 0 Å². The first kappa shape index (κ1) is 15.3. The molecule has 2 aromatic carbocycles. The first-order valence-corrected chi connectivity index (χ1v) is 6.61. The van der Waals surface area contributed by atoms with E-state index in [2.05, 4.69) is 10.1 Å². The molecule has 0 aromatic heterocycles. The molecule has 0 heterocycles. The molecule has 2 rings (SSSR count). The number of nitrogens with one attached hydrogen (secondary N) is 1. The predicted molar refractivity (Wildman–Crippen MR) is 86.3 cm³/mol. The molecule has 0 atom stereocenters. The average molecular weight is 296 g/mol. The molecule has 112 valence electrons. The number of carbonyl (C=O) groups excluding carboxylic acids is 2. The maximum absolute atomic E-state index is 11.9. The van der Waals surface area contributed by atoms with E-state index in [0.717, 1.165) is 5.56 Å². The van der Waals surface area contributed by atoms with Crippen molar-refractivity contribution in [2.45, 2.75) is 0 Å². The second-order valence-corrected chi connectivity index (χ2v) is 4.57. The second-order valence-electron chi connectivity index (χ2n) is 4.57. The monoisotopic (exact) mass is 296 g/mol. The number of hydrogen-bond acceptors (Lipinski definition) is 4. The van der Waals surface area contributed by atoms with Crippen LogP contribution in [0.25, 0.3) is 6.08 Å². The maximum Gasteiger partial charge on any atom is 0.337 e. The van der Waals surface area contributed by atoms with Gasteiger partial charge in [0.1, 0.15) is 0 Å². The number of ether oxygens (including phenoxy) is 1. The summed E-state index contributed by atoms with van der Waals surface area (Å²) >= 11 is 0. The van der Waals surface area contributed by atoms with Gasteiger partial charge in [-0.3, -0.25) is 4.79 Å². The van der Waals surface area contributed by atoms with Gasteiger partial charge in [0.2, 0.25) is 5.91 Å². The van der Waals surface area contributed by atoms with Crippen molar-refractivity contribution in [1.82, 2.24) is 0 Å². The molecule has 3 N–H and O–H groups in total. The van der Waals surface area contributed by atoms with Crippen LogP contribution in [0.2, 0.25) is 0 Å². The number of methoxy groups -OCH3 is 1. The highest BCUT2D eigenvalue weighted by Gasteiger charge is 2.06. The molecule has 0 aliphatic rings. The van der Waals surface area contributed by atoms with Crippen molar-refractivity contribution >= 4 is 29.3 Å². The van der Waals surface area contributed by atoms with Gasteiger partial charge in [-0.25, -0.2) is 4.79 Å². The van der Waals surface area contributed by atoms with Gasteiger partial charge in [0.05, 0.1) is 12.7 Å². The van der Waals surface area contributed by atoms with Crippen LogP contribution in [-0.2, 0) is 9.53 Å². The molecule has 0 unspecified atom stereocenters. The molecule has 22 heavy (non-hydrogen) atoms. The minimum absolute atomic E-state index is 0.301. The van der Waals surface area contributed by atoms with Crippen LogP contribution in [0.15, 0.2) is 54.6 Å². The summed E-state index contributed by atoms with van der Waals surface area (Å²) in [5, 5.41) is 2.68. The smallest absolute Gasteiger partial charge is 0.337 e. The maximum atomic E-state index is 11.9. The van der Waals surface area contributed by atoms with Crippen molar-refractivity contribution in [3.8, 4) is 0 Å². The lowest BCUT2D eigenvalue weighted by molar-refractivity contribution is -0.111. The molecule has 0 aliphatic heterocycles. The number of amides is 1. The summed E-state index contributed by atoms with van der Waals surface area (Å²) in [6.07, 6.45) is 3.06. The largest absolute Gasteiger partial charge is 0.465 e. The van der Waals surface area contributed by atoms with Crippen molar-refractivity contribution in [2.24, 2.45) is 0 Å². The van der Waals surface area contributed by atoms with Crippen LogP contribution in [0.4, 0.5) is 11.4 Å². The molecule has 0 saturated heterocycles. The zero-order valence-corrected chi connectivity index (χ0v) is 12.1. The zero-order valence-electron chi connectivity index (χ0n) is 12.1. The van der Waals surface area contributed by atoms with Gasteiger partial charge in [-0.1, -0.05) is 18.2 Å². The molecule has 5 heteroatoms. The van der Waals surface area contributed by atoms with Crippen LogP contribution < -0.4 is 11.1 Å². The molecule has 2 aromatic rings. The summed E-state index contributed by atoms with van der Waals surface area (Å²) in [5.74, 6) is -0.754. The van der Waals surface area contributed by atoms with Gasteiger partial charge in [0.15, 0.2) is 0 Å². The first-order chi connectivity index (χ1) is 10.6. The lowest BCUT2D eigenvalue weighted by atomic mass is 10.2. The van der Waals surface area contributed by atoms with E-state index >= 15 is 0 Å². The Hall–Kier alpha value is -3.08. The highest BCUT2D eigenvalue weighted by Crippen LogP contribution is 2.12. The van der Waals surface area contributed by atoms with E-state index in [9.17, 15) is 9.59 Å². The summed E-state index contributed by atoms with van der Waals surface area (Å²) in [6, 6.07) is 13.7. The minimum Gasteiger partial charge on any atom is -0.465 e. The van der Waals surface area contributed by atoms with E-state index in [1.54, 1.807) is 42.5 Å². The van der Waals surface area contributed by atoms with Crippen LogP contribution >= 0.6 is 0 Å². The van der Waals surface area contributed by atoms with E-state index in [0.29, 0.717) is 16.9 Å². The fourth-order valence-electron chi connectivity index (χ4n) is 1.86. The topological polar surface area (TPSA) is 81.4 Å². The van der Waals surface area contributed by atoms with Gasteiger partial charge in [0.25, 0.3) is 0 Å². The molecule has 0 fully saturated rings. The number of anilines is 2. The summed E-state index contributed by atoms with van der Waals surface area (Å²) in [6.45, 7) is 0. The average Bonchev–Trinajstić information content (AvgIpc) is 2.52. The van der Waals surface area contributed by atoms with Crippen molar-refractivity contribution in [3.05, 3.63) is 65.7 Å². The molecule has 0 radical (unpaired) electrons. The Morgan fingerprint density at radius 3 is 2.64 bits per heavy atom. The standard InChI is InChI=1S/C17H16N2O3/c1-22-17(21)13-5-3-7-15(11-13)19-16(20)9-8-12-4-2-6-14(18)10-12/h2-11H,18H2,1H3,(H,19,20)/b9-8+. The summed E-state index contributed by atoms with van der Waals surface area (Å²) in [7, 11) is 1.31. The van der Waals surface area contributed by atoms with E-state index in [-0.39, 0.29) is 5.91 Å². The quantitative estimate of drug-likeness (QED) is 0.516. The number of rotatable bonds is 4. The van der Waals surface area contributed by atoms with E-state index < -0.39 is 5.97 Å². The Bertz CT molecular complexity index is 723. The molecule has 0 saturated carbocycles. The highest BCUT2D eigenvalue weighted by atomic mass is 16.5. The number of esters is 1. The molecule has 1 amide bonds. The highest BCUT2D eigenvalue weighted by molar-refractivity contribution is 6.02. The second kappa shape index (κ2) is 7.08. The van der Waals surface area contributed by atoms with Gasteiger partial charge in [0, 0.05) is 17.5 Å². The number of nitrogens with two attached hydrogens (primary N) is 1. The number of carbonyl (C=O) groups is 2. The van der Waals surface area contributed by atoms with Crippen LogP contribution in [0.5, 0.6) is 0 Å². The van der Waals surface area contributed by atoms with Gasteiger partial charge < -0.3 is 15.8 Å². The molecule has 0 bridgehead atoms. The van der Waals surface area contributed by atoms with Gasteiger partial charge in [-0.2, -0.15) is 0 Å². The first-order valence-electron chi connectivity index (χ1n) is 6.61. The summed E-state index contributed by atoms with van der Waals surface area (Å²) in [5.41, 5.74) is 8.03. The van der Waals surface area contributed by atoms with E-state index in [1.807, 2.05) is 12.1 Å². The Labute approximate surface area is 128 Å². The van der Waals surface area contributed by atoms with Crippen molar-refractivity contribution in [3.63, 3.8) is 0 Å². The Kier molecular flexibility index (Phi) is 4.93. The minimum atomic E-state index is -0.452. The lowest BCUT2D eigenvalue weighted by Gasteiger charge is -2.04. The number of nitrogen functional groups attached to an aromatic ring is 1. The van der Waals surface area contributed by atoms with Crippen LogP contribution in [0.3, 0.4) is 0 Å². The van der Waals surface area contributed by atoms with Crippen LogP contribution in [0.1, 0.15) is 15.9 Å². The number of hydrogen-bond donors (Lipinski definition) is 2. The Morgan fingerprint density at radius 2 is 1.91 bits per heavy atom. The normalized spacial score (nSPS) is 10.4. The molecule has 0 aliphatic carbocycles. The fraction of sp³-hybridized carbons (Fsp3) is 0.0588. The van der Waals surface area contributed by atoms with Crippen LogP contribution in [-0.4, -0.2) is 19.0 Å². The molecular formula is C17H16N2O3. The third-order valence-corrected chi connectivity index (χ3v) is 2.89. The lowest BCUT2D eigenvalue weighted by Crippen LogP contribution is -2.09. The number of benzene rings is 2. The summed E-state index contributed by atoms with van der Waals surface area (Å²) < 4.78 is 4.64.